The van der Waals surface area contributed by atoms with Gasteiger partial charge in [0.2, 0.25) is 5.91 Å². The number of rotatable bonds is 8. The van der Waals surface area contributed by atoms with Crippen molar-refractivity contribution in [1.82, 2.24) is 19.9 Å². The quantitative estimate of drug-likeness (QED) is 0.503. The molecule has 0 bridgehead atoms. The van der Waals surface area contributed by atoms with E-state index in [1.54, 1.807) is 18.5 Å². The highest BCUT2D eigenvalue weighted by Gasteiger charge is 2.53. The van der Waals surface area contributed by atoms with Crippen molar-refractivity contribution in [1.29, 1.82) is 0 Å². The summed E-state index contributed by atoms with van der Waals surface area (Å²) in [7, 11) is 1.47. The normalized spacial score (nSPS) is 18.5. The number of anilines is 1. The number of hydrogen-bond donors (Lipinski definition) is 2. The predicted octanol–water partition coefficient (Wildman–Crippen LogP) is 4.40. The highest BCUT2D eigenvalue weighted by molar-refractivity contribution is 6.08. The minimum Gasteiger partial charge on any atom is -0.375 e. The molecule has 2 heterocycles. The van der Waals surface area contributed by atoms with Crippen LogP contribution in [0.4, 0.5) is 5.69 Å². The molecule has 2 aromatic heterocycles. The van der Waals surface area contributed by atoms with E-state index in [0.29, 0.717) is 41.2 Å². The van der Waals surface area contributed by atoms with Crippen LogP contribution in [-0.4, -0.2) is 46.6 Å². The van der Waals surface area contributed by atoms with Crippen LogP contribution in [0.25, 0.3) is 22.4 Å². The molecule has 2 N–H and O–H groups in total. The van der Waals surface area contributed by atoms with Crippen LogP contribution in [0.2, 0.25) is 0 Å². The Hall–Kier alpha value is -3.26. The zero-order chi connectivity index (χ0) is 24.4. The number of imidazole rings is 1. The summed E-state index contributed by atoms with van der Waals surface area (Å²) in [4.78, 5) is 34.8. The second-order valence-corrected chi connectivity index (χ2v) is 9.83. The Morgan fingerprint density at radius 2 is 2.06 bits per heavy atom. The molecule has 3 aromatic rings. The van der Waals surface area contributed by atoms with Crippen molar-refractivity contribution >= 4 is 28.5 Å². The molecule has 35 heavy (non-hydrogen) atoms. The summed E-state index contributed by atoms with van der Waals surface area (Å²) in [6.07, 6.45) is 11.2. The molecule has 8 heteroatoms. The van der Waals surface area contributed by atoms with E-state index >= 15 is 0 Å². The first kappa shape index (κ1) is 23.5. The summed E-state index contributed by atoms with van der Waals surface area (Å²) in [6, 6.07) is 7.38. The minimum atomic E-state index is -0.280. The largest absolute Gasteiger partial charge is 0.375 e. The summed E-state index contributed by atoms with van der Waals surface area (Å²) >= 11 is 0. The molecule has 2 saturated carbocycles. The van der Waals surface area contributed by atoms with Gasteiger partial charge in [0.1, 0.15) is 12.4 Å². The first-order chi connectivity index (χ1) is 17.0. The predicted molar refractivity (Wildman–Crippen MR) is 135 cm³/mol. The maximum atomic E-state index is 13.5. The van der Waals surface area contributed by atoms with Gasteiger partial charge in [-0.15, -0.1) is 0 Å². The van der Waals surface area contributed by atoms with Crippen molar-refractivity contribution < 1.29 is 14.3 Å². The molecule has 1 aromatic carbocycles. The second kappa shape index (κ2) is 9.77. The molecule has 1 spiro atoms. The molecular formula is C27H33N5O3. The van der Waals surface area contributed by atoms with Gasteiger partial charge in [-0.3, -0.25) is 14.6 Å². The first-order valence-corrected chi connectivity index (χ1v) is 12.6. The summed E-state index contributed by atoms with van der Waals surface area (Å²) < 4.78 is 6.99. The number of aryl methyl sites for hydroxylation is 1. The van der Waals surface area contributed by atoms with E-state index in [9.17, 15) is 9.59 Å². The van der Waals surface area contributed by atoms with Crippen LogP contribution in [0.5, 0.6) is 0 Å². The van der Waals surface area contributed by atoms with E-state index in [-0.39, 0.29) is 18.4 Å². The number of amides is 2. The third-order valence-electron chi connectivity index (χ3n) is 7.60. The fourth-order valence-electron chi connectivity index (χ4n) is 5.76. The number of aromatic nitrogens is 3. The third kappa shape index (κ3) is 4.67. The van der Waals surface area contributed by atoms with E-state index in [0.717, 1.165) is 16.9 Å². The van der Waals surface area contributed by atoms with Gasteiger partial charge in [0.25, 0.3) is 5.91 Å². The molecule has 1 unspecified atom stereocenters. The van der Waals surface area contributed by atoms with Crippen LogP contribution in [0.15, 0.2) is 36.7 Å². The van der Waals surface area contributed by atoms with Crippen LogP contribution < -0.4 is 10.6 Å². The SMILES string of the molecule is CCn1c(-c2cccnc2)nc2cc(NC(=O)COC)cc(C(=O)NCC3CC34CCCCC4)c21. The maximum Gasteiger partial charge on any atom is 0.253 e. The third-order valence-corrected chi connectivity index (χ3v) is 7.60. The van der Waals surface area contributed by atoms with Crippen molar-refractivity contribution in [3.63, 3.8) is 0 Å². The Morgan fingerprint density at radius 3 is 2.77 bits per heavy atom. The van der Waals surface area contributed by atoms with Crippen LogP contribution in [0.1, 0.15) is 55.8 Å². The zero-order valence-corrected chi connectivity index (χ0v) is 20.5. The van der Waals surface area contributed by atoms with Gasteiger partial charge < -0.3 is 19.9 Å². The maximum absolute atomic E-state index is 13.5. The number of carbonyl (C=O) groups excluding carboxylic acids is 2. The number of benzene rings is 1. The monoisotopic (exact) mass is 475 g/mol. The van der Waals surface area contributed by atoms with Gasteiger partial charge in [0.05, 0.1) is 16.6 Å². The lowest BCUT2D eigenvalue weighted by molar-refractivity contribution is -0.119. The van der Waals surface area contributed by atoms with Crippen LogP contribution in [0, 0.1) is 11.3 Å². The van der Waals surface area contributed by atoms with Crippen molar-refractivity contribution in [2.45, 2.75) is 52.0 Å². The van der Waals surface area contributed by atoms with Crippen molar-refractivity contribution in [3.8, 4) is 11.4 Å². The van der Waals surface area contributed by atoms with Crippen LogP contribution >= 0.6 is 0 Å². The lowest BCUT2D eigenvalue weighted by atomic mass is 9.84. The number of nitrogens with zero attached hydrogens (tertiary/aromatic N) is 3. The number of nitrogens with one attached hydrogen (secondary N) is 2. The highest BCUT2D eigenvalue weighted by atomic mass is 16.5. The Kier molecular flexibility index (Phi) is 6.56. The Labute approximate surface area is 205 Å². The molecule has 2 aliphatic carbocycles. The molecule has 2 amide bonds. The van der Waals surface area contributed by atoms with Gasteiger partial charge in [-0.1, -0.05) is 19.3 Å². The molecule has 0 aliphatic heterocycles. The van der Waals surface area contributed by atoms with Gasteiger partial charge in [-0.2, -0.15) is 0 Å². The number of methoxy groups -OCH3 is 1. The standard InChI is InChI=1S/C27H33N5O3/c1-3-32-24-21(26(34)29-16-19-14-27(19)9-5-4-6-10-27)12-20(30-23(33)17-35-2)13-22(24)31-25(32)18-8-7-11-28-15-18/h7-8,11-13,15,19H,3-6,9-10,14,16-17H2,1-2H3,(H,29,34)(H,30,33). The average molecular weight is 476 g/mol. The molecule has 8 nitrogen and oxygen atoms in total. The van der Waals surface area contributed by atoms with Crippen molar-refractivity contribution in [2.24, 2.45) is 11.3 Å². The van der Waals surface area contributed by atoms with Gasteiger partial charge in [-0.25, -0.2) is 4.98 Å². The van der Waals surface area contributed by atoms with Gasteiger partial charge in [0.15, 0.2) is 0 Å². The van der Waals surface area contributed by atoms with E-state index in [4.69, 9.17) is 9.72 Å². The van der Waals surface area contributed by atoms with E-state index in [2.05, 4.69) is 15.6 Å². The summed E-state index contributed by atoms with van der Waals surface area (Å²) in [5, 5.41) is 6.04. The average Bonchev–Trinajstić information content (AvgIpc) is 3.38. The molecule has 1 atom stereocenters. The Balaban J connectivity index is 1.48. The first-order valence-electron chi connectivity index (χ1n) is 12.6. The lowest BCUT2D eigenvalue weighted by Gasteiger charge is -2.22. The summed E-state index contributed by atoms with van der Waals surface area (Å²) in [5.74, 6) is 0.892. The molecule has 184 valence electrons. The second-order valence-electron chi connectivity index (χ2n) is 9.83. The topological polar surface area (TPSA) is 98.1 Å². The highest BCUT2D eigenvalue weighted by Crippen LogP contribution is 2.61. The molecule has 0 radical (unpaired) electrons. The fraction of sp³-hybridized carbons (Fsp3) is 0.481. The number of fused-ring (bicyclic) bond motifs is 1. The van der Waals surface area contributed by atoms with Crippen molar-refractivity contribution in [3.05, 3.63) is 42.2 Å². The number of hydrogen-bond acceptors (Lipinski definition) is 5. The lowest BCUT2D eigenvalue weighted by Crippen LogP contribution is -2.28. The number of pyridine rings is 1. The van der Waals surface area contributed by atoms with Crippen molar-refractivity contribution in [2.75, 3.05) is 25.6 Å². The molecule has 5 rings (SSSR count). The smallest absolute Gasteiger partial charge is 0.253 e. The molecule has 2 aliphatic rings. The van der Waals surface area contributed by atoms with Crippen LogP contribution in [-0.2, 0) is 16.1 Å². The Bertz CT molecular complexity index is 1230. The van der Waals surface area contributed by atoms with E-state index in [1.165, 1.54) is 45.6 Å². The van der Waals surface area contributed by atoms with Gasteiger partial charge >= 0.3 is 0 Å². The van der Waals surface area contributed by atoms with Gasteiger partial charge in [-0.05, 0) is 61.8 Å². The molecule has 0 saturated heterocycles. The number of carbonyl (C=O) groups is 2. The molecular weight excluding hydrogens is 442 g/mol. The summed E-state index contributed by atoms with van der Waals surface area (Å²) in [5.41, 5.74) is 3.78. The van der Waals surface area contributed by atoms with E-state index < -0.39 is 0 Å². The van der Waals surface area contributed by atoms with Crippen LogP contribution in [0.3, 0.4) is 0 Å². The van der Waals surface area contributed by atoms with E-state index in [1.807, 2.05) is 29.7 Å². The zero-order valence-electron chi connectivity index (χ0n) is 20.5. The van der Waals surface area contributed by atoms with Gasteiger partial charge in [0, 0.05) is 43.8 Å². The number of ether oxygens (including phenoxy) is 1. The fourth-order valence-corrected chi connectivity index (χ4v) is 5.76. The minimum absolute atomic E-state index is 0.0618. The molecule has 2 fully saturated rings. The summed E-state index contributed by atoms with van der Waals surface area (Å²) in [6.45, 7) is 3.31. The Morgan fingerprint density at radius 1 is 1.23 bits per heavy atom.